The second kappa shape index (κ2) is 15.0. The number of unbranched alkanes of at least 4 members (excludes halogenated alkanes) is 1. The van der Waals surface area contributed by atoms with Crippen LogP contribution in [-0.4, -0.2) is 73.0 Å². The van der Waals surface area contributed by atoms with E-state index in [2.05, 4.69) is 20.9 Å². The molecule has 13 heteroatoms. The number of hydrogen-bond acceptors (Lipinski definition) is 7. The highest BCUT2D eigenvalue weighted by molar-refractivity contribution is 5.91. The quantitative estimate of drug-likeness (QED) is 0.0742. The number of rotatable bonds is 15. The molecule has 0 aromatic rings. The minimum absolute atomic E-state index is 0.0481. The molecule has 0 rings (SSSR count). The average molecular weight is 416 g/mol. The van der Waals surface area contributed by atoms with Gasteiger partial charge in [0, 0.05) is 6.54 Å². The van der Waals surface area contributed by atoms with Crippen LogP contribution in [0.5, 0.6) is 0 Å². The molecule has 13 nitrogen and oxygen atoms in total. The van der Waals surface area contributed by atoms with Crippen molar-refractivity contribution >= 4 is 29.7 Å². The summed E-state index contributed by atoms with van der Waals surface area (Å²) in [5.74, 6) is -3.01. The summed E-state index contributed by atoms with van der Waals surface area (Å²) >= 11 is 0. The monoisotopic (exact) mass is 416 g/mol. The van der Waals surface area contributed by atoms with Gasteiger partial charge in [-0.1, -0.05) is 0 Å². The molecule has 2 atom stereocenters. The van der Waals surface area contributed by atoms with Crippen LogP contribution in [0.3, 0.4) is 0 Å². The maximum absolute atomic E-state index is 12.1. The normalized spacial score (nSPS) is 12.3. The van der Waals surface area contributed by atoms with E-state index in [4.69, 9.17) is 28.0 Å². The lowest BCUT2D eigenvalue weighted by Crippen LogP contribution is -2.51. The number of hydrogen-bond donors (Lipinski definition) is 8. The number of nitrogens with two attached hydrogens (primary N) is 4. The molecule has 12 N–H and O–H groups in total. The van der Waals surface area contributed by atoms with Gasteiger partial charge in [0.05, 0.1) is 12.6 Å². The minimum Gasteiger partial charge on any atom is -0.480 e. The van der Waals surface area contributed by atoms with Gasteiger partial charge in [0.1, 0.15) is 12.6 Å². The van der Waals surface area contributed by atoms with Gasteiger partial charge in [-0.15, -0.1) is 0 Å². The summed E-state index contributed by atoms with van der Waals surface area (Å²) in [6.07, 6.45) is 2.31. The summed E-state index contributed by atoms with van der Waals surface area (Å²) < 4.78 is 0. The molecule has 0 aliphatic heterocycles. The van der Waals surface area contributed by atoms with Gasteiger partial charge in [0.2, 0.25) is 17.7 Å². The van der Waals surface area contributed by atoms with Crippen LogP contribution in [0.4, 0.5) is 0 Å². The van der Waals surface area contributed by atoms with Crippen LogP contribution in [0.1, 0.15) is 32.1 Å². The molecule has 0 saturated carbocycles. The number of carboxylic acids is 1. The smallest absolute Gasteiger partial charge is 0.322 e. The molecule has 0 aromatic heterocycles. The largest absolute Gasteiger partial charge is 0.480 e. The first-order valence-corrected chi connectivity index (χ1v) is 9.25. The Labute approximate surface area is 169 Å². The molecule has 0 spiro atoms. The summed E-state index contributed by atoms with van der Waals surface area (Å²) in [7, 11) is 0. The van der Waals surface area contributed by atoms with E-state index in [-0.39, 0.29) is 18.9 Å². The first-order chi connectivity index (χ1) is 13.7. The van der Waals surface area contributed by atoms with Crippen molar-refractivity contribution in [1.29, 1.82) is 0 Å². The van der Waals surface area contributed by atoms with Crippen LogP contribution in [0.2, 0.25) is 0 Å². The molecule has 0 fully saturated rings. The Balaban J connectivity index is 4.45. The van der Waals surface area contributed by atoms with Gasteiger partial charge in [-0.3, -0.25) is 24.2 Å². The van der Waals surface area contributed by atoms with Gasteiger partial charge in [-0.25, -0.2) is 0 Å². The van der Waals surface area contributed by atoms with Crippen molar-refractivity contribution in [3.8, 4) is 0 Å². The third-order valence-corrected chi connectivity index (χ3v) is 3.74. The number of carboxylic acid groups (broad SMARTS) is 1. The zero-order valence-corrected chi connectivity index (χ0v) is 16.4. The van der Waals surface area contributed by atoms with E-state index < -0.39 is 42.3 Å². The first kappa shape index (κ1) is 26.1. The maximum Gasteiger partial charge on any atom is 0.322 e. The zero-order chi connectivity index (χ0) is 22.2. The molecule has 0 heterocycles. The summed E-state index contributed by atoms with van der Waals surface area (Å²) in [6.45, 7) is -0.179. The molecule has 0 aliphatic carbocycles. The second-order valence-electron chi connectivity index (χ2n) is 6.29. The molecule has 0 bridgehead atoms. The van der Waals surface area contributed by atoms with Crippen LogP contribution in [0, 0.1) is 0 Å². The average Bonchev–Trinajstić information content (AvgIpc) is 2.66. The Morgan fingerprint density at radius 2 is 1.59 bits per heavy atom. The summed E-state index contributed by atoms with van der Waals surface area (Å²) in [4.78, 5) is 50.4. The Morgan fingerprint density at radius 1 is 0.931 bits per heavy atom. The Kier molecular flexibility index (Phi) is 13.5. The zero-order valence-electron chi connectivity index (χ0n) is 16.4. The van der Waals surface area contributed by atoms with E-state index in [9.17, 15) is 19.2 Å². The topological polar surface area (TPSA) is 241 Å². The predicted molar refractivity (Wildman–Crippen MR) is 106 cm³/mol. The van der Waals surface area contributed by atoms with Crippen molar-refractivity contribution in [2.24, 2.45) is 27.9 Å². The lowest BCUT2D eigenvalue weighted by molar-refractivity contribution is -0.138. The minimum atomic E-state index is -1.20. The third-order valence-electron chi connectivity index (χ3n) is 3.74. The van der Waals surface area contributed by atoms with Crippen molar-refractivity contribution in [2.45, 2.75) is 44.2 Å². The molecule has 29 heavy (non-hydrogen) atoms. The number of amides is 3. The molecular weight excluding hydrogens is 384 g/mol. The summed E-state index contributed by atoms with van der Waals surface area (Å²) in [5, 5.41) is 15.7. The van der Waals surface area contributed by atoms with Gasteiger partial charge in [0.15, 0.2) is 5.96 Å². The second-order valence-corrected chi connectivity index (χ2v) is 6.29. The van der Waals surface area contributed by atoms with Gasteiger partial charge in [-0.2, -0.15) is 0 Å². The fraction of sp³-hybridized carbons (Fsp3) is 0.688. The molecular formula is C16H32N8O5. The molecule has 0 aliphatic rings. The summed E-state index contributed by atoms with van der Waals surface area (Å²) in [6, 6.07) is -1.77. The lowest BCUT2D eigenvalue weighted by atomic mass is 10.1. The van der Waals surface area contributed by atoms with Crippen LogP contribution in [-0.2, 0) is 19.2 Å². The number of carbonyl (C=O) groups is 4. The highest BCUT2D eigenvalue weighted by atomic mass is 16.4. The lowest BCUT2D eigenvalue weighted by Gasteiger charge is -2.18. The molecule has 0 aromatic carbocycles. The maximum atomic E-state index is 12.1. The van der Waals surface area contributed by atoms with E-state index in [1.165, 1.54) is 0 Å². The number of carbonyl (C=O) groups excluding carboxylic acids is 3. The van der Waals surface area contributed by atoms with Crippen LogP contribution >= 0.6 is 0 Å². The number of nitrogens with zero attached hydrogens (tertiary/aromatic N) is 1. The summed E-state index contributed by atoms with van der Waals surface area (Å²) in [5.41, 5.74) is 21.5. The van der Waals surface area contributed by atoms with E-state index in [0.29, 0.717) is 38.8 Å². The SMILES string of the molecule is NCCCCC(NC(=O)CNC(=O)C(N)CCCN=C(N)N)C(=O)NCC(=O)O. The predicted octanol–water partition coefficient (Wildman–Crippen LogP) is -3.70. The van der Waals surface area contributed by atoms with Gasteiger partial charge >= 0.3 is 5.97 Å². The van der Waals surface area contributed by atoms with Crippen LogP contribution in [0.25, 0.3) is 0 Å². The van der Waals surface area contributed by atoms with Crippen molar-refractivity contribution in [2.75, 3.05) is 26.2 Å². The van der Waals surface area contributed by atoms with Crippen molar-refractivity contribution in [3.63, 3.8) is 0 Å². The van der Waals surface area contributed by atoms with Crippen LogP contribution in [0.15, 0.2) is 4.99 Å². The van der Waals surface area contributed by atoms with E-state index >= 15 is 0 Å². The highest BCUT2D eigenvalue weighted by Crippen LogP contribution is 2.01. The molecule has 3 amide bonds. The van der Waals surface area contributed by atoms with E-state index in [1.807, 2.05) is 0 Å². The molecule has 0 radical (unpaired) electrons. The Bertz CT molecular complexity index is 580. The van der Waals surface area contributed by atoms with Crippen LogP contribution < -0.4 is 38.9 Å². The highest BCUT2D eigenvalue weighted by Gasteiger charge is 2.21. The van der Waals surface area contributed by atoms with Crippen molar-refractivity contribution in [3.05, 3.63) is 0 Å². The van der Waals surface area contributed by atoms with E-state index in [1.54, 1.807) is 0 Å². The number of aliphatic carboxylic acids is 1. The Hall–Kier alpha value is -2.93. The van der Waals surface area contributed by atoms with E-state index in [0.717, 1.165) is 0 Å². The Morgan fingerprint density at radius 3 is 2.17 bits per heavy atom. The van der Waals surface area contributed by atoms with Gasteiger partial charge < -0.3 is 44.0 Å². The van der Waals surface area contributed by atoms with Gasteiger partial charge in [0.25, 0.3) is 0 Å². The third kappa shape index (κ3) is 13.8. The number of aliphatic imine (C=N–C) groups is 1. The number of nitrogens with one attached hydrogen (secondary N) is 3. The standard InChI is InChI=1S/C16H32N8O5/c17-6-2-1-5-11(15(29)23-9-13(26)27)24-12(25)8-22-14(28)10(18)4-3-7-21-16(19)20/h10-11H,1-9,17-18H2,(H,22,28)(H,23,29)(H,24,25)(H,26,27)(H4,19,20,21). The van der Waals surface area contributed by atoms with Crippen molar-refractivity contribution in [1.82, 2.24) is 16.0 Å². The molecule has 166 valence electrons. The molecule has 0 saturated heterocycles. The fourth-order valence-corrected chi connectivity index (χ4v) is 2.24. The molecule has 2 unspecified atom stereocenters. The number of guanidine groups is 1. The first-order valence-electron chi connectivity index (χ1n) is 9.25. The van der Waals surface area contributed by atoms with Gasteiger partial charge in [-0.05, 0) is 38.6 Å². The van der Waals surface area contributed by atoms with Crippen molar-refractivity contribution < 1.29 is 24.3 Å². The fourth-order valence-electron chi connectivity index (χ4n) is 2.24.